The van der Waals surface area contributed by atoms with Crippen LogP contribution in [0.25, 0.3) is 0 Å². The summed E-state index contributed by atoms with van der Waals surface area (Å²) in [5.74, 6) is -0.359. The van der Waals surface area contributed by atoms with Gasteiger partial charge in [-0.2, -0.15) is 0 Å². The second-order valence-electron chi connectivity index (χ2n) is 3.35. The topological polar surface area (TPSA) is 29.1 Å². The van der Waals surface area contributed by atoms with Gasteiger partial charge in [-0.1, -0.05) is 31.2 Å². The molecule has 1 rings (SSSR count). The number of halogens is 1. The van der Waals surface area contributed by atoms with Crippen molar-refractivity contribution in [3.05, 3.63) is 40.9 Å². The second-order valence-corrected chi connectivity index (χ2v) is 3.81. The van der Waals surface area contributed by atoms with E-state index >= 15 is 0 Å². The predicted molar refractivity (Wildman–Crippen MR) is 64.2 cm³/mol. The minimum atomic E-state index is -0.359. The average Bonchev–Trinajstić information content (AvgIpc) is 2.20. The molecule has 80 valence electrons. The van der Waals surface area contributed by atoms with E-state index in [0.717, 1.165) is 12.1 Å². The quantitative estimate of drug-likeness (QED) is 0.784. The van der Waals surface area contributed by atoms with Crippen LogP contribution in [-0.2, 0) is 11.2 Å². The van der Waals surface area contributed by atoms with Crippen molar-refractivity contribution in [1.29, 1.82) is 0 Å². The lowest BCUT2D eigenvalue weighted by atomic mass is 10.1. The van der Waals surface area contributed by atoms with Crippen LogP contribution < -0.4 is 5.32 Å². The van der Waals surface area contributed by atoms with E-state index < -0.39 is 0 Å². The van der Waals surface area contributed by atoms with Crippen LogP contribution in [0.4, 0.5) is 5.69 Å². The van der Waals surface area contributed by atoms with Gasteiger partial charge >= 0.3 is 0 Å². The van der Waals surface area contributed by atoms with Gasteiger partial charge in [0, 0.05) is 5.69 Å². The number of benzene rings is 1. The van der Waals surface area contributed by atoms with Gasteiger partial charge in [0.05, 0.1) is 5.03 Å². The van der Waals surface area contributed by atoms with Crippen LogP contribution in [0.1, 0.15) is 18.1 Å². The zero-order chi connectivity index (χ0) is 11.4. The second kappa shape index (κ2) is 4.99. The van der Waals surface area contributed by atoms with Crippen molar-refractivity contribution >= 4 is 23.2 Å². The van der Waals surface area contributed by atoms with Gasteiger partial charge in [0.25, 0.3) is 5.91 Å². The Labute approximate surface area is 94.9 Å². The van der Waals surface area contributed by atoms with Crippen molar-refractivity contribution < 1.29 is 4.79 Å². The lowest BCUT2D eigenvalue weighted by molar-refractivity contribution is -0.112. The molecule has 2 nitrogen and oxygen atoms in total. The highest BCUT2D eigenvalue weighted by Crippen LogP contribution is 2.16. The third kappa shape index (κ3) is 3.10. The zero-order valence-corrected chi connectivity index (χ0v) is 9.69. The van der Waals surface area contributed by atoms with Crippen molar-refractivity contribution in [3.8, 4) is 0 Å². The van der Waals surface area contributed by atoms with Crippen molar-refractivity contribution in [2.24, 2.45) is 0 Å². The van der Waals surface area contributed by atoms with Gasteiger partial charge in [-0.15, -0.1) is 0 Å². The lowest BCUT2D eigenvalue weighted by Crippen LogP contribution is -2.10. The molecule has 0 radical (unpaired) electrons. The van der Waals surface area contributed by atoms with E-state index in [1.54, 1.807) is 0 Å². The van der Waals surface area contributed by atoms with Crippen molar-refractivity contribution in [1.82, 2.24) is 0 Å². The molecule has 1 aromatic carbocycles. The first kappa shape index (κ1) is 11.8. The molecular weight excluding hydrogens is 210 g/mol. The Morgan fingerprint density at radius 1 is 1.53 bits per heavy atom. The van der Waals surface area contributed by atoms with E-state index in [4.69, 9.17) is 11.6 Å². The highest BCUT2D eigenvalue weighted by molar-refractivity contribution is 6.43. The molecule has 0 saturated carbocycles. The molecular formula is C12H14ClNO. The molecule has 3 heteroatoms. The van der Waals surface area contributed by atoms with Crippen LogP contribution in [0.3, 0.4) is 0 Å². The van der Waals surface area contributed by atoms with Crippen molar-refractivity contribution in [2.45, 2.75) is 20.3 Å². The van der Waals surface area contributed by atoms with Crippen molar-refractivity contribution in [2.75, 3.05) is 5.32 Å². The smallest absolute Gasteiger partial charge is 0.266 e. The van der Waals surface area contributed by atoms with Crippen LogP contribution in [0.15, 0.2) is 29.8 Å². The van der Waals surface area contributed by atoms with Crippen LogP contribution >= 0.6 is 11.6 Å². The zero-order valence-electron chi connectivity index (χ0n) is 8.93. The summed E-state index contributed by atoms with van der Waals surface area (Å²) in [5, 5.41) is 2.67. The number of hydrogen-bond donors (Lipinski definition) is 1. The molecule has 0 spiro atoms. The summed E-state index contributed by atoms with van der Waals surface area (Å²) in [5.41, 5.74) is 3.19. The van der Waals surface area contributed by atoms with Gasteiger partial charge in [0.2, 0.25) is 0 Å². The molecule has 0 aliphatic heterocycles. The molecule has 0 aliphatic carbocycles. The number of carbonyl (C=O) groups is 1. The first-order valence-electron chi connectivity index (χ1n) is 4.80. The van der Waals surface area contributed by atoms with Gasteiger partial charge in [-0.25, -0.2) is 0 Å². The number of amides is 1. The lowest BCUT2D eigenvalue weighted by Gasteiger charge is -2.08. The molecule has 0 unspecified atom stereocenters. The molecule has 1 aromatic rings. The highest BCUT2D eigenvalue weighted by atomic mass is 35.5. The van der Waals surface area contributed by atoms with E-state index in [-0.39, 0.29) is 10.9 Å². The highest BCUT2D eigenvalue weighted by Gasteiger charge is 2.05. The summed E-state index contributed by atoms with van der Waals surface area (Å²) < 4.78 is 0. The maximum atomic E-state index is 11.3. The molecule has 0 aliphatic rings. The monoisotopic (exact) mass is 223 g/mol. The number of rotatable bonds is 3. The van der Waals surface area contributed by atoms with E-state index in [9.17, 15) is 4.79 Å². The van der Waals surface area contributed by atoms with Crippen LogP contribution in [0.2, 0.25) is 0 Å². The number of aryl methyl sites for hydroxylation is 2. The van der Waals surface area contributed by atoms with Gasteiger partial charge in [0.1, 0.15) is 0 Å². The summed E-state index contributed by atoms with van der Waals surface area (Å²) >= 11 is 5.48. The first-order chi connectivity index (χ1) is 7.04. The fourth-order valence-electron chi connectivity index (χ4n) is 1.33. The summed E-state index contributed by atoms with van der Waals surface area (Å²) in [6.07, 6.45) is 0.942. The Kier molecular flexibility index (Phi) is 3.92. The number of hydrogen-bond acceptors (Lipinski definition) is 1. The van der Waals surface area contributed by atoms with Gasteiger partial charge in [0.15, 0.2) is 0 Å². The summed E-state index contributed by atoms with van der Waals surface area (Å²) in [6.45, 7) is 7.49. The molecule has 15 heavy (non-hydrogen) atoms. The fourth-order valence-corrected chi connectivity index (χ4v) is 1.38. The number of anilines is 1. The maximum Gasteiger partial charge on any atom is 0.266 e. The molecule has 0 atom stereocenters. The minimum Gasteiger partial charge on any atom is -0.321 e. The Hall–Kier alpha value is -1.28. The van der Waals surface area contributed by atoms with Gasteiger partial charge < -0.3 is 5.32 Å². The van der Waals surface area contributed by atoms with Gasteiger partial charge in [-0.3, -0.25) is 4.79 Å². The SMILES string of the molecule is C=C(Cl)C(=O)Nc1ccc(C)c(CC)c1. The van der Waals surface area contributed by atoms with Crippen LogP contribution in [0.5, 0.6) is 0 Å². The summed E-state index contributed by atoms with van der Waals surface area (Å²) in [6, 6.07) is 5.78. The summed E-state index contributed by atoms with van der Waals surface area (Å²) in [7, 11) is 0. The Morgan fingerprint density at radius 3 is 2.73 bits per heavy atom. The Balaban J connectivity index is 2.87. The van der Waals surface area contributed by atoms with E-state index in [1.165, 1.54) is 11.1 Å². The number of nitrogens with one attached hydrogen (secondary N) is 1. The molecule has 0 aromatic heterocycles. The Morgan fingerprint density at radius 2 is 2.20 bits per heavy atom. The predicted octanol–water partition coefficient (Wildman–Crippen LogP) is 3.25. The van der Waals surface area contributed by atoms with Crippen molar-refractivity contribution in [3.63, 3.8) is 0 Å². The molecule has 1 amide bonds. The van der Waals surface area contributed by atoms with Crippen LogP contribution in [-0.4, -0.2) is 5.91 Å². The van der Waals surface area contributed by atoms with E-state index in [0.29, 0.717) is 0 Å². The summed E-state index contributed by atoms with van der Waals surface area (Å²) in [4.78, 5) is 11.3. The fraction of sp³-hybridized carbons (Fsp3) is 0.250. The normalized spacial score (nSPS) is 9.80. The third-order valence-electron chi connectivity index (χ3n) is 2.23. The van der Waals surface area contributed by atoms with E-state index in [1.807, 2.05) is 25.1 Å². The largest absolute Gasteiger partial charge is 0.321 e. The minimum absolute atomic E-state index is 0.00590. The Bertz CT molecular complexity index is 399. The number of carbonyl (C=O) groups excluding carboxylic acids is 1. The first-order valence-corrected chi connectivity index (χ1v) is 5.17. The molecule has 0 heterocycles. The van der Waals surface area contributed by atoms with Gasteiger partial charge in [-0.05, 0) is 36.6 Å². The molecule has 0 saturated heterocycles. The average molecular weight is 224 g/mol. The molecule has 1 N–H and O–H groups in total. The van der Waals surface area contributed by atoms with E-state index in [2.05, 4.69) is 18.8 Å². The standard InChI is InChI=1S/C12H14ClNO/c1-4-10-7-11(6-5-8(10)2)14-12(15)9(3)13/h5-7H,3-4H2,1-2H3,(H,14,15). The molecule has 0 bridgehead atoms. The molecule has 0 fully saturated rings. The van der Waals surface area contributed by atoms with Crippen LogP contribution in [0, 0.1) is 6.92 Å². The third-order valence-corrected chi connectivity index (χ3v) is 2.41. The maximum absolute atomic E-state index is 11.3.